The molecule has 3 aromatic rings. The first-order valence-electron chi connectivity index (χ1n) is 10.3. The minimum atomic E-state index is -0.266. The smallest absolute Gasteiger partial charge is 0.145 e. The molecule has 1 saturated heterocycles. The van der Waals surface area contributed by atoms with Gasteiger partial charge in [-0.2, -0.15) is 0 Å². The molecule has 0 aliphatic carbocycles. The summed E-state index contributed by atoms with van der Waals surface area (Å²) < 4.78 is 13.2. The third-order valence-electron chi connectivity index (χ3n) is 4.59. The largest absolute Gasteiger partial charge is 0.373 e. The third-order valence-corrected chi connectivity index (χ3v) is 4.89. The normalized spacial score (nSPS) is 12.5. The van der Waals surface area contributed by atoms with E-state index < -0.39 is 0 Å². The molecule has 32 heavy (non-hydrogen) atoms. The third kappa shape index (κ3) is 8.20. The Balaban J connectivity index is 0.000000387. The molecule has 0 atom stereocenters. The highest BCUT2D eigenvalue weighted by Gasteiger charge is 2.09. The fraction of sp³-hybridized carbons (Fsp3) is 0.304. The molecule has 0 bridgehead atoms. The topological polar surface area (TPSA) is 91.8 Å². The number of benzene rings is 1. The van der Waals surface area contributed by atoms with Crippen LogP contribution in [0.5, 0.6) is 0 Å². The first-order valence-corrected chi connectivity index (χ1v) is 10.7. The lowest BCUT2D eigenvalue weighted by atomic mass is 10.2. The Bertz CT molecular complexity index is 959. The number of carbonyl (C=O) groups excluding carboxylic acids is 1. The Hall–Kier alpha value is -3.10. The van der Waals surface area contributed by atoms with E-state index in [1.54, 1.807) is 31.7 Å². The molecule has 1 aliphatic heterocycles. The number of aromatic nitrogens is 3. The van der Waals surface area contributed by atoms with Gasteiger partial charge in [-0.05, 0) is 49.7 Å². The molecule has 0 spiro atoms. The summed E-state index contributed by atoms with van der Waals surface area (Å²) in [6.07, 6.45) is 9.02. The van der Waals surface area contributed by atoms with Crippen LogP contribution in [0.2, 0.25) is 5.02 Å². The summed E-state index contributed by atoms with van der Waals surface area (Å²) in [5, 5.41) is 9.87. The van der Waals surface area contributed by atoms with Crippen molar-refractivity contribution in [2.45, 2.75) is 25.8 Å². The van der Waals surface area contributed by atoms with Crippen LogP contribution in [0.1, 0.15) is 24.8 Å². The number of rotatable bonds is 5. The molecule has 2 aromatic heterocycles. The maximum atomic E-state index is 13.2. The molecule has 0 radical (unpaired) electrons. The molecule has 1 fully saturated rings. The van der Waals surface area contributed by atoms with Crippen LogP contribution < -0.4 is 16.0 Å². The predicted octanol–water partition coefficient (Wildman–Crippen LogP) is 4.56. The molecule has 1 aliphatic rings. The molecule has 3 N–H and O–H groups in total. The summed E-state index contributed by atoms with van der Waals surface area (Å²) in [7, 11) is 1.78. The number of carbonyl (C=O) groups is 1. The van der Waals surface area contributed by atoms with Crippen LogP contribution >= 0.6 is 11.6 Å². The van der Waals surface area contributed by atoms with Crippen molar-refractivity contribution in [1.29, 1.82) is 0 Å². The van der Waals surface area contributed by atoms with E-state index in [-0.39, 0.29) is 5.82 Å². The summed E-state index contributed by atoms with van der Waals surface area (Å²) in [5.74, 6) is 1.00. The second-order valence-corrected chi connectivity index (χ2v) is 7.29. The summed E-state index contributed by atoms with van der Waals surface area (Å²) in [6.45, 7) is 4.95. The van der Waals surface area contributed by atoms with Crippen molar-refractivity contribution < 1.29 is 9.18 Å². The molecule has 0 saturated carbocycles. The molecular formula is C23H28ClFN6O. The highest BCUT2D eigenvalue weighted by atomic mass is 35.5. The molecular weight excluding hydrogens is 431 g/mol. The van der Waals surface area contributed by atoms with Gasteiger partial charge in [0, 0.05) is 25.4 Å². The number of nitrogens with zero attached hydrogens (tertiary/aromatic N) is 3. The van der Waals surface area contributed by atoms with Gasteiger partial charge in [-0.15, -0.1) is 0 Å². The fourth-order valence-electron chi connectivity index (χ4n) is 2.99. The zero-order valence-corrected chi connectivity index (χ0v) is 18.8. The van der Waals surface area contributed by atoms with Gasteiger partial charge in [0.25, 0.3) is 0 Å². The molecule has 1 aromatic carbocycles. The van der Waals surface area contributed by atoms with E-state index in [9.17, 15) is 4.39 Å². The van der Waals surface area contributed by atoms with Gasteiger partial charge < -0.3 is 20.7 Å². The number of nitrogens with one attached hydrogen (secondary N) is 3. The van der Waals surface area contributed by atoms with Crippen molar-refractivity contribution in [2.75, 3.05) is 30.8 Å². The van der Waals surface area contributed by atoms with E-state index in [0.29, 0.717) is 28.9 Å². The SMILES string of the molecule is C1CCNCC1.C=O.CNc1cc(-c2cncc(NCc3cccc(F)c3)n2)c(Cl)cn1. The van der Waals surface area contributed by atoms with E-state index in [4.69, 9.17) is 16.4 Å². The van der Waals surface area contributed by atoms with Gasteiger partial charge in [0.2, 0.25) is 0 Å². The van der Waals surface area contributed by atoms with Gasteiger partial charge in [-0.3, -0.25) is 4.98 Å². The summed E-state index contributed by atoms with van der Waals surface area (Å²) in [5.41, 5.74) is 2.18. The molecule has 0 amide bonds. The van der Waals surface area contributed by atoms with Crippen LogP contribution in [0.15, 0.2) is 48.9 Å². The lowest BCUT2D eigenvalue weighted by Crippen LogP contribution is -2.21. The zero-order valence-electron chi connectivity index (χ0n) is 18.1. The van der Waals surface area contributed by atoms with Crippen molar-refractivity contribution in [3.8, 4) is 11.3 Å². The first-order chi connectivity index (χ1) is 15.7. The molecule has 3 heterocycles. The van der Waals surface area contributed by atoms with Crippen LogP contribution in [-0.2, 0) is 11.3 Å². The Morgan fingerprint density at radius 1 is 1.09 bits per heavy atom. The Morgan fingerprint density at radius 3 is 2.50 bits per heavy atom. The number of piperidine rings is 1. The number of halogens is 2. The van der Waals surface area contributed by atoms with E-state index >= 15 is 0 Å². The van der Waals surface area contributed by atoms with Crippen molar-refractivity contribution >= 4 is 30.0 Å². The lowest BCUT2D eigenvalue weighted by molar-refractivity contribution is -0.0979. The van der Waals surface area contributed by atoms with Gasteiger partial charge in [0.15, 0.2) is 0 Å². The summed E-state index contributed by atoms with van der Waals surface area (Å²) in [6, 6.07) is 8.21. The Morgan fingerprint density at radius 2 is 1.88 bits per heavy atom. The van der Waals surface area contributed by atoms with Crippen molar-refractivity contribution in [3.63, 3.8) is 0 Å². The molecule has 0 unspecified atom stereocenters. The van der Waals surface area contributed by atoms with E-state index in [0.717, 1.165) is 11.1 Å². The Labute approximate surface area is 192 Å². The fourth-order valence-corrected chi connectivity index (χ4v) is 3.19. The van der Waals surface area contributed by atoms with E-state index in [2.05, 4.69) is 30.9 Å². The lowest BCUT2D eigenvalue weighted by Gasteiger charge is -2.09. The minimum absolute atomic E-state index is 0.266. The summed E-state index contributed by atoms with van der Waals surface area (Å²) in [4.78, 5) is 20.8. The standard InChI is InChI=1S/C17H15ClFN5.C5H11N.CH2O/c1-20-16-6-13(14(18)8-23-16)15-9-21-10-17(24-15)22-7-11-3-2-4-12(19)5-11;1-2-4-6-5-3-1;1-2/h2-6,8-10H,7H2,1H3,(H,20,23)(H,22,24);6H,1-5H2;1H2. The predicted molar refractivity (Wildman–Crippen MR) is 127 cm³/mol. The van der Waals surface area contributed by atoms with Crippen molar-refractivity contribution in [1.82, 2.24) is 20.3 Å². The Kier molecular flexibility index (Phi) is 11.1. The van der Waals surface area contributed by atoms with Crippen molar-refractivity contribution in [2.24, 2.45) is 0 Å². The molecule has 4 rings (SSSR count). The van der Waals surface area contributed by atoms with Gasteiger partial charge in [0.1, 0.15) is 24.2 Å². The highest BCUT2D eigenvalue weighted by molar-refractivity contribution is 6.33. The van der Waals surface area contributed by atoms with Gasteiger partial charge >= 0.3 is 0 Å². The van der Waals surface area contributed by atoms with Gasteiger partial charge in [-0.25, -0.2) is 14.4 Å². The van der Waals surface area contributed by atoms with Gasteiger partial charge in [0.05, 0.1) is 23.1 Å². The number of hydrogen-bond donors (Lipinski definition) is 3. The quantitative estimate of drug-likeness (QED) is 0.516. The maximum Gasteiger partial charge on any atom is 0.145 e. The van der Waals surface area contributed by atoms with Crippen LogP contribution in [0, 0.1) is 5.82 Å². The van der Waals surface area contributed by atoms with Crippen LogP contribution in [0.25, 0.3) is 11.3 Å². The van der Waals surface area contributed by atoms with E-state index in [1.807, 2.05) is 18.9 Å². The van der Waals surface area contributed by atoms with Crippen LogP contribution in [0.3, 0.4) is 0 Å². The highest BCUT2D eigenvalue weighted by Crippen LogP contribution is 2.28. The monoisotopic (exact) mass is 458 g/mol. The first kappa shape index (κ1) is 25.2. The second kappa shape index (κ2) is 14.1. The maximum absolute atomic E-state index is 13.2. The number of hydrogen-bond acceptors (Lipinski definition) is 7. The molecule has 170 valence electrons. The van der Waals surface area contributed by atoms with E-state index in [1.165, 1.54) is 44.5 Å². The van der Waals surface area contributed by atoms with Crippen LogP contribution in [0.4, 0.5) is 16.0 Å². The van der Waals surface area contributed by atoms with Crippen molar-refractivity contribution in [3.05, 3.63) is 65.3 Å². The second-order valence-electron chi connectivity index (χ2n) is 6.88. The van der Waals surface area contributed by atoms with Gasteiger partial charge in [-0.1, -0.05) is 30.2 Å². The number of anilines is 2. The van der Waals surface area contributed by atoms with Crippen LogP contribution in [-0.4, -0.2) is 41.9 Å². The average Bonchev–Trinajstić information content (AvgIpc) is 2.86. The molecule has 9 heteroatoms. The minimum Gasteiger partial charge on any atom is -0.373 e. The average molecular weight is 459 g/mol. The zero-order chi connectivity index (χ0) is 23.2. The number of pyridine rings is 1. The molecule has 7 nitrogen and oxygen atoms in total. The summed E-state index contributed by atoms with van der Waals surface area (Å²) >= 11 is 6.21.